The van der Waals surface area contributed by atoms with Crippen molar-refractivity contribution in [3.05, 3.63) is 60.1 Å². The van der Waals surface area contributed by atoms with Crippen LogP contribution >= 0.6 is 11.8 Å². The summed E-state index contributed by atoms with van der Waals surface area (Å²) in [5.74, 6) is 0.399. The first-order valence-electron chi connectivity index (χ1n) is 9.39. The van der Waals surface area contributed by atoms with Crippen LogP contribution < -0.4 is 10.6 Å². The Hall–Kier alpha value is -2.25. The molecule has 1 aromatic heterocycles. The Labute approximate surface area is 170 Å². The lowest BCUT2D eigenvalue weighted by Crippen LogP contribution is -2.47. The third-order valence-corrected chi connectivity index (χ3v) is 4.88. The summed E-state index contributed by atoms with van der Waals surface area (Å²) in [6, 6.07) is 12.6. The van der Waals surface area contributed by atoms with Gasteiger partial charge < -0.3 is 19.8 Å². The van der Waals surface area contributed by atoms with Crippen LogP contribution in [0.2, 0.25) is 0 Å². The Morgan fingerprint density at radius 3 is 2.64 bits per heavy atom. The Balaban J connectivity index is 1.72. The van der Waals surface area contributed by atoms with Crippen LogP contribution in [-0.4, -0.2) is 43.0 Å². The van der Waals surface area contributed by atoms with E-state index in [1.807, 2.05) is 43.5 Å². The second kappa shape index (κ2) is 12.3. The molecule has 7 heteroatoms. The van der Waals surface area contributed by atoms with Gasteiger partial charge in [-0.15, -0.1) is 0 Å². The van der Waals surface area contributed by atoms with Crippen molar-refractivity contribution < 1.29 is 18.7 Å². The minimum absolute atomic E-state index is 0.0128. The number of hydrogen-bond donors (Lipinski definition) is 2. The van der Waals surface area contributed by atoms with Crippen LogP contribution in [0.5, 0.6) is 0 Å². The lowest BCUT2D eigenvalue weighted by atomic mass is 10.1. The summed E-state index contributed by atoms with van der Waals surface area (Å²) in [4.78, 5) is 24.6. The molecule has 0 radical (unpaired) electrons. The number of furan rings is 1. The molecular weight excluding hydrogens is 376 g/mol. The summed E-state index contributed by atoms with van der Waals surface area (Å²) < 4.78 is 10.9. The zero-order chi connectivity index (χ0) is 20.2. The van der Waals surface area contributed by atoms with Gasteiger partial charge in [-0.1, -0.05) is 30.3 Å². The number of thioether (sulfide) groups is 1. The van der Waals surface area contributed by atoms with Gasteiger partial charge in [0.2, 0.25) is 5.91 Å². The molecule has 28 heavy (non-hydrogen) atoms. The molecule has 2 amide bonds. The number of rotatable bonds is 12. The van der Waals surface area contributed by atoms with Gasteiger partial charge in [0.25, 0.3) is 5.91 Å². The van der Waals surface area contributed by atoms with Crippen molar-refractivity contribution in [3.8, 4) is 0 Å². The Bertz CT molecular complexity index is 706. The average Bonchev–Trinajstić information content (AvgIpc) is 3.26. The van der Waals surface area contributed by atoms with Crippen LogP contribution in [0, 0.1) is 0 Å². The van der Waals surface area contributed by atoms with Crippen LogP contribution in [0.15, 0.2) is 53.1 Å². The van der Waals surface area contributed by atoms with Gasteiger partial charge in [-0.25, -0.2) is 0 Å². The molecule has 0 saturated heterocycles. The molecule has 2 atom stereocenters. The predicted molar refractivity (Wildman–Crippen MR) is 111 cm³/mol. The minimum Gasteiger partial charge on any atom is -0.459 e. The smallest absolute Gasteiger partial charge is 0.287 e. The molecule has 6 nitrogen and oxygen atoms in total. The number of nitrogens with one attached hydrogen (secondary N) is 2. The highest BCUT2D eigenvalue weighted by Gasteiger charge is 2.21. The molecule has 2 unspecified atom stereocenters. The molecule has 0 fully saturated rings. The van der Waals surface area contributed by atoms with Gasteiger partial charge in [-0.2, -0.15) is 11.8 Å². The molecular formula is C21H28N2O4S. The first-order valence-corrected chi connectivity index (χ1v) is 10.8. The van der Waals surface area contributed by atoms with Crippen molar-refractivity contribution in [2.45, 2.75) is 31.9 Å². The number of carbonyl (C=O) groups excluding carboxylic acids is 2. The fourth-order valence-corrected chi connectivity index (χ4v) is 3.10. The van der Waals surface area contributed by atoms with Gasteiger partial charge >= 0.3 is 0 Å². The topological polar surface area (TPSA) is 80.6 Å². The van der Waals surface area contributed by atoms with E-state index in [1.54, 1.807) is 23.9 Å². The molecule has 2 N–H and O–H groups in total. The van der Waals surface area contributed by atoms with E-state index in [4.69, 9.17) is 9.15 Å². The van der Waals surface area contributed by atoms with Crippen LogP contribution in [0.4, 0.5) is 0 Å². The molecule has 0 aliphatic rings. The van der Waals surface area contributed by atoms with Gasteiger partial charge in [0.15, 0.2) is 5.76 Å². The quantitative estimate of drug-likeness (QED) is 0.530. The molecule has 1 aromatic carbocycles. The van der Waals surface area contributed by atoms with Gasteiger partial charge in [0, 0.05) is 13.2 Å². The highest BCUT2D eigenvalue weighted by Crippen LogP contribution is 2.15. The zero-order valence-electron chi connectivity index (χ0n) is 16.4. The number of amides is 2. The van der Waals surface area contributed by atoms with Crippen molar-refractivity contribution in [1.82, 2.24) is 10.6 Å². The summed E-state index contributed by atoms with van der Waals surface area (Å²) in [6.07, 6.45) is 4.67. The van der Waals surface area contributed by atoms with E-state index in [2.05, 4.69) is 10.6 Å². The monoisotopic (exact) mass is 404 g/mol. The standard InChI is InChI=1S/C21H28N2O4S/c1-16(17-8-4-3-5-9-17)26-14-7-12-22-20(24)18(11-15-28-2)23-21(25)19-10-6-13-27-19/h3-6,8-10,13,16,18H,7,11-12,14-15H2,1-2H3,(H,22,24)(H,23,25). The third kappa shape index (κ3) is 7.40. The van der Waals surface area contributed by atoms with Crippen molar-refractivity contribution in [1.29, 1.82) is 0 Å². The second-order valence-corrected chi connectivity index (χ2v) is 7.34. The predicted octanol–water partition coefficient (Wildman–Crippen LogP) is 3.42. The van der Waals surface area contributed by atoms with Crippen LogP contribution in [0.1, 0.15) is 42.0 Å². The minimum atomic E-state index is -0.589. The Morgan fingerprint density at radius 1 is 1.18 bits per heavy atom. The molecule has 1 heterocycles. The third-order valence-electron chi connectivity index (χ3n) is 4.23. The summed E-state index contributed by atoms with van der Waals surface area (Å²) >= 11 is 1.63. The van der Waals surface area contributed by atoms with E-state index in [0.29, 0.717) is 26.0 Å². The normalized spacial score (nSPS) is 12.9. The maximum absolute atomic E-state index is 12.5. The summed E-state index contributed by atoms with van der Waals surface area (Å²) in [5.41, 5.74) is 1.13. The fourth-order valence-electron chi connectivity index (χ4n) is 2.63. The molecule has 0 aliphatic carbocycles. The maximum Gasteiger partial charge on any atom is 0.287 e. The molecule has 2 aromatic rings. The first kappa shape index (κ1) is 22.0. The Kier molecular flexibility index (Phi) is 9.65. The van der Waals surface area contributed by atoms with E-state index in [1.165, 1.54) is 6.26 Å². The number of ether oxygens (including phenoxy) is 1. The van der Waals surface area contributed by atoms with Crippen LogP contribution in [0.25, 0.3) is 0 Å². The van der Waals surface area contributed by atoms with Crippen molar-refractivity contribution in [3.63, 3.8) is 0 Å². The highest BCUT2D eigenvalue weighted by atomic mass is 32.2. The molecule has 0 saturated carbocycles. The zero-order valence-corrected chi connectivity index (χ0v) is 17.2. The Morgan fingerprint density at radius 2 is 1.96 bits per heavy atom. The van der Waals surface area contributed by atoms with E-state index in [-0.39, 0.29) is 23.7 Å². The SMILES string of the molecule is CSCCC(NC(=O)c1ccco1)C(=O)NCCCOC(C)c1ccccc1. The van der Waals surface area contributed by atoms with E-state index >= 15 is 0 Å². The lowest BCUT2D eigenvalue weighted by Gasteiger charge is -2.18. The van der Waals surface area contributed by atoms with Gasteiger partial charge in [-0.3, -0.25) is 9.59 Å². The highest BCUT2D eigenvalue weighted by molar-refractivity contribution is 7.98. The summed E-state index contributed by atoms with van der Waals surface area (Å²) in [5, 5.41) is 5.63. The largest absolute Gasteiger partial charge is 0.459 e. The average molecular weight is 405 g/mol. The molecule has 152 valence electrons. The first-order chi connectivity index (χ1) is 13.6. The van der Waals surface area contributed by atoms with Gasteiger partial charge in [0.05, 0.1) is 12.4 Å². The van der Waals surface area contributed by atoms with Gasteiger partial charge in [-0.05, 0) is 49.5 Å². The number of benzene rings is 1. The van der Waals surface area contributed by atoms with Crippen molar-refractivity contribution in [2.24, 2.45) is 0 Å². The fraction of sp³-hybridized carbons (Fsp3) is 0.429. The molecule has 2 rings (SSSR count). The van der Waals surface area contributed by atoms with Crippen molar-refractivity contribution in [2.75, 3.05) is 25.2 Å². The van der Waals surface area contributed by atoms with E-state index < -0.39 is 6.04 Å². The summed E-state index contributed by atoms with van der Waals surface area (Å²) in [7, 11) is 0. The van der Waals surface area contributed by atoms with Crippen LogP contribution in [-0.2, 0) is 9.53 Å². The lowest BCUT2D eigenvalue weighted by molar-refractivity contribution is -0.123. The molecule has 0 spiro atoms. The molecule has 0 bridgehead atoms. The maximum atomic E-state index is 12.5. The number of carbonyl (C=O) groups is 2. The molecule has 0 aliphatic heterocycles. The van der Waals surface area contributed by atoms with Crippen molar-refractivity contribution >= 4 is 23.6 Å². The van der Waals surface area contributed by atoms with Gasteiger partial charge in [0.1, 0.15) is 6.04 Å². The van der Waals surface area contributed by atoms with Crippen LogP contribution in [0.3, 0.4) is 0 Å². The van der Waals surface area contributed by atoms with E-state index in [0.717, 1.165) is 11.3 Å². The second-order valence-electron chi connectivity index (χ2n) is 6.35. The number of hydrogen-bond acceptors (Lipinski definition) is 5. The summed E-state index contributed by atoms with van der Waals surface area (Å²) in [6.45, 7) is 3.05. The van der Waals surface area contributed by atoms with E-state index in [9.17, 15) is 9.59 Å².